The number of carbonyl (C=O) groups is 1. The summed E-state index contributed by atoms with van der Waals surface area (Å²) in [5, 5.41) is 6.31. The fourth-order valence-corrected chi connectivity index (χ4v) is 3.14. The highest BCUT2D eigenvalue weighted by Crippen LogP contribution is 2.26. The van der Waals surface area contributed by atoms with E-state index in [-0.39, 0.29) is 5.91 Å². The monoisotopic (exact) mass is 404 g/mol. The van der Waals surface area contributed by atoms with Crippen molar-refractivity contribution in [3.63, 3.8) is 0 Å². The van der Waals surface area contributed by atoms with E-state index in [0.717, 1.165) is 16.9 Å². The number of hydrogen-bond donors (Lipinski definition) is 2. The van der Waals surface area contributed by atoms with Crippen molar-refractivity contribution >= 4 is 11.6 Å². The van der Waals surface area contributed by atoms with Crippen molar-refractivity contribution in [2.75, 3.05) is 25.6 Å². The number of ether oxygens (including phenoxy) is 2. The number of methoxy groups -OCH3 is 1. The van der Waals surface area contributed by atoms with Crippen molar-refractivity contribution in [3.8, 4) is 11.5 Å². The molecule has 30 heavy (non-hydrogen) atoms. The SMILES string of the molecule is COc1ccc(C)cc1NC(=O)[C@H](NCCOc1ccc(C)cc1)c1ccccc1. The smallest absolute Gasteiger partial charge is 0.246 e. The molecule has 0 radical (unpaired) electrons. The topological polar surface area (TPSA) is 59.6 Å². The first kappa shape index (κ1) is 21.4. The Kier molecular flexibility index (Phi) is 7.46. The molecule has 2 N–H and O–H groups in total. The first-order valence-electron chi connectivity index (χ1n) is 10.00. The Bertz CT molecular complexity index is 956. The lowest BCUT2D eigenvalue weighted by atomic mass is 10.1. The van der Waals surface area contributed by atoms with Gasteiger partial charge < -0.3 is 14.8 Å². The molecule has 0 unspecified atom stereocenters. The van der Waals surface area contributed by atoms with E-state index in [1.807, 2.05) is 86.6 Å². The minimum absolute atomic E-state index is 0.152. The van der Waals surface area contributed by atoms with Crippen LogP contribution in [0.2, 0.25) is 0 Å². The average Bonchev–Trinajstić information content (AvgIpc) is 2.75. The molecule has 0 aromatic heterocycles. The number of hydrogen-bond acceptors (Lipinski definition) is 4. The van der Waals surface area contributed by atoms with Crippen LogP contribution in [0.25, 0.3) is 0 Å². The maximum atomic E-state index is 13.1. The molecule has 0 spiro atoms. The molecule has 0 bridgehead atoms. The number of amides is 1. The molecule has 3 rings (SSSR count). The molecule has 3 aromatic carbocycles. The number of anilines is 1. The Labute approximate surface area is 178 Å². The van der Waals surface area contributed by atoms with Crippen LogP contribution in [0.1, 0.15) is 22.7 Å². The standard InChI is InChI=1S/C25H28N2O3/c1-18-9-12-21(13-10-18)30-16-15-26-24(20-7-5-4-6-8-20)25(28)27-22-17-19(2)11-14-23(22)29-3/h4-14,17,24,26H,15-16H2,1-3H3,(H,27,28)/t24-/m1/s1. The normalized spacial score (nSPS) is 11.6. The van der Waals surface area contributed by atoms with Gasteiger partial charge in [-0.2, -0.15) is 0 Å². The fraction of sp³-hybridized carbons (Fsp3) is 0.240. The Balaban J connectivity index is 1.67. The maximum Gasteiger partial charge on any atom is 0.246 e. The third-order valence-electron chi connectivity index (χ3n) is 4.75. The van der Waals surface area contributed by atoms with Crippen LogP contribution in [0.4, 0.5) is 5.69 Å². The lowest BCUT2D eigenvalue weighted by Crippen LogP contribution is -2.35. The van der Waals surface area contributed by atoms with E-state index in [4.69, 9.17) is 9.47 Å². The largest absolute Gasteiger partial charge is 0.495 e. The molecule has 1 amide bonds. The highest BCUT2D eigenvalue weighted by Gasteiger charge is 2.21. The van der Waals surface area contributed by atoms with E-state index >= 15 is 0 Å². The molecule has 0 fully saturated rings. The Hall–Kier alpha value is -3.31. The second-order valence-corrected chi connectivity index (χ2v) is 7.15. The van der Waals surface area contributed by atoms with E-state index in [2.05, 4.69) is 10.6 Å². The summed E-state index contributed by atoms with van der Waals surface area (Å²) in [6.45, 7) is 4.99. The predicted molar refractivity (Wildman–Crippen MR) is 120 cm³/mol. The highest BCUT2D eigenvalue weighted by atomic mass is 16.5. The minimum Gasteiger partial charge on any atom is -0.495 e. The molecule has 0 saturated carbocycles. The number of aryl methyl sites for hydroxylation is 2. The van der Waals surface area contributed by atoms with Gasteiger partial charge in [-0.1, -0.05) is 54.1 Å². The maximum absolute atomic E-state index is 13.1. The summed E-state index contributed by atoms with van der Waals surface area (Å²) in [5.74, 6) is 1.29. The van der Waals surface area contributed by atoms with Crippen LogP contribution in [0.15, 0.2) is 72.8 Å². The van der Waals surface area contributed by atoms with Crippen LogP contribution >= 0.6 is 0 Å². The van der Waals surface area contributed by atoms with Crippen molar-refractivity contribution in [1.82, 2.24) is 5.32 Å². The zero-order chi connectivity index (χ0) is 21.3. The second-order valence-electron chi connectivity index (χ2n) is 7.15. The van der Waals surface area contributed by atoms with E-state index in [1.54, 1.807) is 7.11 Å². The number of rotatable bonds is 9. The molecule has 0 saturated heterocycles. The van der Waals surface area contributed by atoms with Crippen molar-refractivity contribution in [2.45, 2.75) is 19.9 Å². The summed E-state index contributed by atoms with van der Waals surface area (Å²) in [6.07, 6.45) is 0. The van der Waals surface area contributed by atoms with Crippen molar-refractivity contribution in [1.29, 1.82) is 0 Å². The van der Waals surface area contributed by atoms with Gasteiger partial charge in [-0.15, -0.1) is 0 Å². The minimum atomic E-state index is -0.516. The molecule has 3 aromatic rings. The van der Waals surface area contributed by atoms with Gasteiger partial charge in [-0.25, -0.2) is 0 Å². The summed E-state index contributed by atoms with van der Waals surface area (Å²) >= 11 is 0. The van der Waals surface area contributed by atoms with Crippen LogP contribution in [0.5, 0.6) is 11.5 Å². The number of nitrogens with one attached hydrogen (secondary N) is 2. The lowest BCUT2D eigenvalue weighted by Gasteiger charge is -2.20. The highest BCUT2D eigenvalue weighted by molar-refractivity contribution is 5.96. The van der Waals surface area contributed by atoms with Crippen LogP contribution in [-0.4, -0.2) is 26.2 Å². The molecule has 0 heterocycles. The second kappa shape index (κ2) is 10.5. The van der Waals surface area contributed by atoms with E-state index in [0.29, 0.717) is 24.6 Å². The van der Waals surface area contributed by atoms with Gasteiger partial charge in [0.05, 0.1) is 12.8 Å². The van der Waals surface area contributed by atoms with E-state index in [9.17, 15) is 4.79 Å². The lowest BCUT2D eigenvalue weighted by molar-refractivity contribution is -0.118. The summed E-state index contributed by atoms with van der Waals surface area (Å²) in [7, 11) is 1.59. The van der Waals surface area contributed by atoms with Gasteiger partial charge >= 0.3 is 0 Å². The third-order valence-corrected chi connectivity index (χ3v) is 4.75. The van der Waals surface area contributed by atoms with Gasteiger partial charge in [0.1, 0.15) is 24.1 Å². The van der Waals surface area contributed by atoms with Gasteiger partial charge in [-0.05, 0) is 49.2 Å². The Morgan fingerprint density at radius 1 is 0.933 bits per heavy atom. The van der Waals surface area contributed by atoms with Gasteiger partial charge in [0.15, 0.2) is 0 Å². The molecule has 0 aliphatic rings. The molecular formula is C25H28N2O3. The summed E-state index contributed by atoms with van der Waals surface area (Å²) in [5.41, 5.74) is 3.77. The predicted octanol–water partition coefficient (Wildman–Crippen LogP) is 4.66. The number of benzene rings is 3. The summed E-state index contributed by atoms with van der Waals surface area (Å²) in [6, 6.07) is 22.8. The van der Waals surface area contributed by atoms with Crippen LogP contribution < -0.4 is 20.1 Å². The van der Waals surface area contributed by atoms with Crippen LogP contribution in [0.3, 0.4) is 0 Å². The Morgan fingerprint density at radius 3 is 2.33 bits per heavy atom. The summed E-state index contributed by atoms with van der Waals surface area (Å²) in [4.78, 5) is 13.1. The zero-order valence-electron chi connectivity index (χ0n) is 17.6. The summed E-state index contributed by atoms with van der Waals surface area (Å²) < 4.78 is 11.2. The van der Waals surface area contributed by atoms with Crippen LogP contribution in [0, 0.1) is 13.8 Å². The van der Waals surface area contributed by atoms with Gasteiger partial charge in [0, 0.05) is 6.54 Å². The van der Waals surface area contributed by atoms with E-state index in [1.165, 1.54) is 5.56 Å². The molecular weight excluding hydrogens is 376 g/mol. The quantitative estimate of drug-likeness (QED) is 0.509. The van der Waals surface area contributed by atoms with E-state index < -0.39 is 6.04 Å². The number of carbonyl (C=O) groups excluding carboxylic acids is 1. The molecule has 5 heteroatoms. The molecule has 0 aliphatic heterocycles. The fourth-order valence-electron chi connectivity index (χ4n) is 3.14. The van der Waals surface area contributed by atoms with Gasteiger partial charge in [0.25, 0.3) is 0 Å². The van der Waals surface area contributed by atoms with Crippen LogP contribution in [-0.2, 0) is 4.79 Å². The molecule has 1 atom stereocenters. The van der Waals surface area contributed by atoms with Gasteiger partial charge in [0.2, 0.25) is 5.91 Å². The first-order chi connectivity index (χ1) is 14.6. The third kappa shape index (κ3) is 5.84. The van der Waals surface area contributed by atoms with Crippen molar-refractivity contribution < 1.29 is 14.3 Å². The zero-order valence-corrected chi connectivity index (χ0v) is 17.6. The molecule has 5 nitrogen and oxygen atoms in total. The first-order valence-corrected chi connectivity index (χ1v) is 10.00. The average molecular weight is 405 g/mol. The molecule has 0 aliphatic carbocycles. The Morgan fingerprint density at radius 2 is 1.63 bits per heavy atom. The molecule has 156 valence electrons. The van der Waals surface area contributed by atoms with Gasteiger partial charge in [-0.3, -0.25) is 10.1 Å². The van der Waals surface area contributed by atoms with Crippen molar-refractivity contribution in [3.05, 3.63) is 89.5 Å². The van der Waals surface area contributed by atoms with Crippen molar-refractivity contribution in [2.24, 2.45) is 0 Å².